The molecule has 1 aliphatic rings. The lowest BCUT2D eigenvalue weighted by Gasteiger charge is -2.09. The summed E-state index contributed by atoms with van der Waals surface area (Å²) in [5.41, 5.74) is 1.72. The molecule has 0 aromatic carbocycles. The van der Waals surface area contributed by atoms with E-state index >= 15 is 0 Å². The van der Waals surface area contributed by atoms with Crippen LogP contribution in [-0.2, 0) is 0 Å². The standard InChI is InChI=1S/C12H22/c1-10(2)9-12-6-4-5-11(3)7-8-12/h6,10-11H,4-5,7-9H2,1-3H3. The van der Waals surface area contributed by atoms with Crippen molar-refractivity contribution in [3.8, 4) is 0 Å². The Balaban J connectivity index is 2.38. The van der Waals surface area contributed by atoms with E-state index in [1.54, 1.807) is 5.57 Å². The molecule has 1 atom stereocenters. The Morgan fingerprint density at radius 3 is 2.83 bits per heavy atom. The summed E-state index contributed by atoms with van der Waals surface area (Å²) in [6.45, 7) is 7.01. The van der Waals surface area contributed by atoms with Crippen LogP contribution in [0.3, 0.4) is 0 Å². The Morgan fingerprint density at radius 2 is 2.17 bits per heavy atom. The average Bonchev–Trinajstić information content (AvgIpc) is 2.15. The summed E-state index contributed by atoms with van der Waals surface area (Å²) in [7, 11) is 0. The lowest BCUT2D eigenvalue weighted by atomic mass is 9.97. The van der Waals surface area contributed by atoms with Gasteiger partial charge in [0.1, 0.15) is 0 Å². The third-order valence-electron chi connectivity index (χ3n) is 2.72. The molecule has 0 saturated carbocycles. The summed E-state index contributed by atoms with van der Waals surface area (Å²) in [4.78, 5) is 0. The molecule has 1 rings (SSSR count). The Morgan fingerprint density at radius 1 is 1.42 bits per heavy atom. The highest BCUT2D eigenvalue weighted by Crippen LogP contribution is 2.25. The fourth-order valence-corrected chi connectivity index (χ4v) is 1.96. The lowest BCUT2D eigenvalue weighted by molar-refractivity contribution is 0.503. The molecule has 0 aliphatic heterocycles. The third-order valence-corrected chi connectivity index (χ3v) is 2.72. The molecule has 0 heterocycles. The van der Waals surface area contributed by atoms with Crippen LogP contribution in [0.4, 0.5) is 0 Å². The maximum Gasteiger partial charge on any atom is -0.0297 e. The van der Waals surface area contributed by atoms with Crippen molar-refractivity contribution in [2.75, 3.05) is 0 Å². The van der Waals surface area contributed by atoms with Crippen molar-refractivity contribution < 1.29 is 0 Å². The highest BCUT2D eigenvalue weighted by atomic mass is 14.1. The third kappa shape index (κ3) is 3.42. The quantitative estimate of drug-likeness (QED) is 0.540. The minimum absolute atomic E-state index is 0.838. The fraction of sp³-hybridized carbons (Fsp3) is 0.833. The van der Waals surface area contributed by atoms with E-state index in [1.165, 1.54) is 32.1 Å². The highest BCUT2D eigenvalue weighted by molar-refractivity contribution is 5.04. The second-order valence-electron chi connectivity index (χ2n) is 4.68. The van der Waals surface area contributed by atoms with Gasteiger partial charge in [0.2, 0.25) is 0 Å². The van der Waals surface area contributed by atoms with Crippen LogP contribution in [0.1, 0.15) is 52.9 Å². The van der Waals surface area contributed by atoms with Gasteiger partial charge in [0.25, 0.3) is 0 Å². The Bertz CT molecular complexity index is 153. The van der Waals surface area contributed by atoms with Gasteiger partial charge in [-0.3, -0.25) is 0 Å². The van der Waals surface area contributed by atoms with E-state index in [1.807, 2.05) is 0 Å². The van der Waals surface area contributed by atoms with Crippen LogP contribution < -0.4 is 0 Å². The van der Waals surface area contributed by atoms with Crippen molar-refractivity contribution in [2.24, 2.45) is 11.8 Å². The van der Waals surface area contributed by atoms with Crippen molar-refractivity contribution in [1.29, 1.82) is 0 Å². The molecule has 0 saturated heterocycles. The van der Waals surface area contributed by atoms with Crippen LogP contribution in [0.5, 0.6) is 0 Å². The number of allylic oxidation sites excluding steroid dienone is 2. The van der Waals surface area contributed by atoms with Crippen LogP contribution in [0.2, 0.25) is 0 Å². The normalized spacial score (nSPS) is 25.3. The predicted molar refractivity (Wildman–Crippen MR) is 55.2 cm³/mol. The molecule has 1 aliphatic carbocycles. The molecule has 0 aromatic rings. The maximum atomic E-state index is 2.49. The molecule has 70 valence electrons. The predicted octanol–water partition coefficient (Wildman–Crippen LogP) is 4.17. The smallest absolute Gasteiger partial charge is 0.0297 e. The topological polar surface area (TPSA) is 0 Å². The van der Waals surface area contributed by atoms with Crippen LogP contribution in [0, 0.1) is 11.8 Å². The van der Waals surface area contributed by atoms with Gasteiger partial charge in [0.15, 0.2) is 0 Å². The molecule has 0 radical (unpaired) electrons. The highest BCUT2D eigenvalue weighted by Gasteiger charge is 2.09. The van der Waals surface area contributed by atoms with Crippen LogP contribution in [0.15, 0.2) is 11.6 Å². The molecule has 0 spiro atoms. The molecule has 0 amide bonds. The van der Waals surface area contributed by atoms with Crippen molar-refractivity contribution >= 4 is 0 Å². The Hall–Kier alpha value is -0.260. The van der Waals surface area contributed by atoms with Crippen molar-refractivity contribution in [1.82, 2.24) is 0 Å². The van der Waals surface area contributed by atoms with Crippen molar-refractivity contribution in [3.05, 3.63) is 11.6 Å². The van der Waals surface area contributed by atoms with E-state index < -0.39 is 0 Å². The van der Waals surface area contributed by atoms with Gasteiger partial charge < -0.3 is 0 Å². The number of hydrogen-bond acceptors (Lipinski definition) is 0. The summed E-state index contributed by atoms with van der Waals surface area (Å²) >= 11 is 0. The zero-order valence-electron chi connectivity index (χ0n) is 8.77. The molecule has 1 unspecified atom stereocenters. The zero-order chi connectivity index (χ0) is 8.97. The first kappa shape index (κ1) is 9.83. The number of rotatable bonds is 2. The maximum absolute atomic E-state index is 2.49. The van der Waals surface area contributed by atoms with E-state index in [-0.39, 0.29) is 0 Å². The van der Waals surface area contributed by atoms with Crippen molar-refractivity contribution in [2.45, 2.75) is 52.9 Å². The number of hydrogen-bond donors (Lipinski definition) is 0. The molecular weight excluding hydrogens is 144 g/mol. The minimum atomic E-state index is 0.838. The second kappa shape index (κ2) is 4.69. The summed E-state index contributed by atoms with van der Waals surface area (Å²) in [5, 5.41) is 0. The molecular formula is C12H22. The minimum Gasteiger partial charge on any atom is -0.0853 e. The van der Waals surface area contributed by atoms with Crippen molar-refractivity contribution in [3.63, 3.8) is 0 Å². The van der Waals surface area contributed by atoms with Gasteiger partial charge in [-0.1, -0.05) is 32.4 Å². The zero-order valence-corrected chi connectivity index (χ0v) is 8.77. The second-order valence-corrected chi connectivity index (χ2v) is 4.68. The van der Waals surface area contributed by atoms with Crippen LogP contribution in [0.25, 0.3) is 0 Å². The van der Waals surface area contributed by atoms with Gasteiger partial charge in [-0.05, 0) is 43.9 Å². The summed E-state index contributed by atoms with van der Waals surface area (Å²) < 4.78 is 0. The van der Waals surface area contributed by atoms with Gasteiger partial charge in [-0.15, -0.1) is 0 Å². The SMILES string of the molecule is CC(C)CC1=CCCC(C)CC1. The molecule has 0 aromatic heterocycles. The summed E-state index contributed by atoms with van der Waals surface area (Å²) in [5.74, 6) is 1.79. The van der Waals surface area contributed by atoms with E-state index in [4.69, 9.17) is 0 Å². The lowest BCUT2D eigenvalue weighted by Crippen LogP contribution is -1.93. The molecule has 0 fully saturated rings. The fourth-order valence-electron chi connectivity index (χ4n) is 1.96. The van der Waals surface area contributed by atoms with E-state index in [9.17, 15) is 0 Å². The summed E-state index contributed by atoms with van der Waals surface area (Å²) in [6.07, 6.45) is 9.32. The van der Waals surface area contributed by atoms with Crippen LogP contribution in [-0.4, -0.2) is 0 Å². The van der Waals surface area contributed by atoms with E-state index in [2.05, 4.69) is 26.8 Å². The average molecular weight is 166 g/mol. The van der Waals surface area contributed by atoms with Gasteiger partial charge in [0.05, 0.1) is 0 Å². The van der Waals surface area contributed by atoms with E-state index in [0.29, 0.717) is 0 Å². The van der Waals surface area contributed by atoms with Crippen LogP contribution >= 0.6 is 0 Å². The van der Waals surface area contributed by atoms with Gasteiger partial charge in [-0.2, -0.15) is 0 Å². The van der Waals surface area contributed by atoms with E-state index in [0.717, 1.165) is 11.8 Å². The first-order valence-electron chi connectivity index (χ1n) is 5.36. The first-order chi connectivity index (χ1) is 5.68. The Kier molecular flexibility index (Phi) is 3.84. The monoisotopic (exact) mass is 166 g/mol. The Labute approximate surface area is 77.1 Å². The largest absolute Gasteiger partial charge is 0.0853 e. The molecule has 12 heavy (non-hydrogen) atoms. The molecule has 0 nitrogen and oxygen atoms in total. The molecule has 0 heteroatoms. The van der Waals surface area contributed by atoms with Gasteiger partial charge in [-0.25, -0.2) is 0 Å². The molecule has 0 bridgehead atoms. The van der Waals surface area contributed by atoms with Gasteiger partial charge in [0, 0.05) is 0 Å². The van der Waals surface area contributed by atoms with Gasteiger partial charge >= 0.3 is 0 Å². The summed E-state index contributed by atoms with van der Waals surface area (Å²) in [6, 6.07) is 0. The first-order valence-corrected chi connectivity index (χ1v) is 5.36. The molecule has 0 N–H and O–H groups in total.